The van der Waals surface area contributed by atoms with Crippen LogP contribution in [0.25, 0.3) is 0 Å². The van der Waals surface area contributed by atoms with Crippen molar-refractivity contribution < 1.29 is 4.79 Å². The van der Waals surface area contributed by atoms with Gasteiger partial charge in [-0.2, -0.15) is 5.10 Å². The Morgan fingerprint density at radius 1 is 1.53 bits per heavy atom. The van der Waals surface area contributed by atoms with E-state index in [0.717, 1.165) is 6.42 Å². The highest BCUT2D eigenvalue weighted by Crippen LogP contribution is 2.03. The zero-order chi connectivity index (χ0) is 12.7. The number of carbonyl (C=O) groups excluding carboxylic acids is 1. The third-order valence-corrected chi connectivity index (χ3v) is 2.53. The van der Waals surface area contributed by atoms with Crippen LogP contribution in [0, 0.1) is 5.92 Å². The summed E-state index contributed by atoms with van der Waals surface area (Å²) >= 11 is 0. The lowest BCUT2D eigenvalue weighted by Crippen LogP contribution is -2.41. The zero-order valence-corrected chi connectivity index (χ0v) is 10.6. The molecule has 1 aromatic heterocycles. The zero-order valence-electron chi connectivity index (χ0n) is 10.6. The molecule has 1 aromatic rings. The second-order valence-corrected chi connectivity index (χ2v) is 4.65. The van der Waals surface area contributed by atoms with Gasteiger partial charge in [0.25, 0.3) is 0 Å². The van der Waals surface area contributed by atoms with Crippen LogP contribution in [0.3, 0.4) is 0 Å². The summed E-state index contributed by atoms with van der Waals surface area (Å²) in [5.41, 5.74) is 5.63. The molecule has 1 rings (SSSR count). The lowest BCUT2D eigenvalue weighted by atomic mass is 10.0. The molecule has 1 unspecified atom stereocenters. The highest BCUT2D eigenvalue weighted by Gasteiger charge is 2.12. The molecule has 0 aromatic carbocycles. The fourth-order valence-electron chi connectivity index (χ4n) is 1.73. The molecule has 0 fully saturated rings. The quantitative estimate of drug-likeness (QED) is 0.736. The Balaban J connectivity index is 2.27. The van der Waals surface area contributed by atoms with E-state index in [1.54, 1.807) is 10.9 Å². The number of aromatic nitrogens is 2. The van der Waals surface area contributed by atoms with Gasteiger partial charge in [-0.25, -0.2) is 0 Å². The Morgan fingerprint density at radius 2 is 2.29 bits per heavy atom. The first-order valence-electron chi connectivity index (χ1n) is 6.08. The van der Waals surface area contributed by atoms with Crippen molar-refractivity contribution in [3.05, 3.63) is 18.5 Å². The topological polar surface area (TPSA) is 72.9 Å². The average molecular weight is 238 g/mol. The molecule has 0 saturated heterocycles. The second kappa shape index (κ2) is 7.06. The highest BCUT2D eigenvalue weighted by molar-refractivity contribution is 5.76. The number of nitrogens with one attached hydrogen (secondary N) is 1. The van der Waals surface area contributed by atoms with Crippen molar-refractivity contribution in [2.45, 2.75) is 39.3 Å². The predicted molar refractivity (Wildman–Crippen MR) is 67.3 cm³/mol. The van der Waals surface area contributed by atoms with Crippen LogP contribution in [0.4, 0.5) is 0 Å². The van der Waals surface area contributed by atoms with Gasteiger partial charge < -0.3 is 11.1 Å². The minimum atomic E-state index is 0.0385. The van der Waals surface area contributed by atoms with Gasteiger partial charge in [-0.1, -0.05) is 13.8 Å². The molecule has 0 aliphatic heterocycles. The van der Waals surface area contributed by atoms with E-state index in [-0.39, 0.29) is 11.9 Å². The summed E-state index contributed by atoms with van der Waals surface area (Å²) in [6.07, 6.45) is 4.92. The summed E-state index contributed by atoms with van der Waals surface area (Å²) in [5.74, 6) is 0.576. The number of carbonyl (C=O) groups is 1. The minimum absolute atomic E-state index is 0.0385. The van der Waals surface area contributed by atoms with Gasteiger partial charge in [0, 0.05) is 37.9 Å². The Kier molecular flexibility index (Phi) is 5.69. The van der Waals surface area contributed by atoms with Crippen molar-refractivity contribution in [1.82, 2.24) is 15.1 Å². The van der Waals surface area contributed by atoms with E-state index in [1.807, 2.05) is 12.3 Å². The SMILES string of the molecule is CC(C)CC(CN)NC(=O)CCn1cccn1. The molecule has 0 bridgehead atoms. The average Bonchev–Trinajstić information content (AvgIpc) is 2.77. The molecule has 17 heavy (non-hydrogen) atoms. The van der Waals surface area contributed by atoms with Crippen molar-refractivity contribution in [3.63, 3.8) is 0 Å². The number of nitrogens with two attached hydrogens (primary N) is 1. The van der Waals surface area contributed by atoms with Crippen LogP contribution in [0.2, 0.25) is 0 Å². The smallest absolute Gasteiger partial charge is 0.222 e. The second-order valence-electron chi connectivity index (χ2n) is 4.65. The van der Waals surface area contributed by atoms with Crippen molar-refractivity contribution >= 4 is 5.91 Å². The van der Waals surface area contributed by atoms with E-state index in [0.29, 0.717) is 25.4 Å². The maximum atomic E-state index is 11.7. The molecule has 96 valence electrons. The van der Waals surface area contributed by atoms with E-state index in [9.17, 15) is 4.79 Å². The molecular weight excluding hydrogens is 216 g/mol. The first kappa shape index (κ1) is 13.7. The molecule has 0 spiro atoms. The molecule has 0 saturated carbocycles. The van der Waals surface area contributed by atoms with E-state index < -0.39 is 0 Å². The van der Waals surface area contributed by atoms with Crippen molar-refractivity contribution in [1.29, 1.82) is 0 Å². The van der Waals surface area contributed by atoms with Gasteiger partial charge in [0.1, 0.15) is 0 Å². The van der Waals surface area contributed by atoms with Crippen LogP contribution in [0.5, 0.6) is 0 Å². The van der Waals surface area contributed by atoms with Crippen LogP contribution in [0.1, 0.15) is 26.7 Å². The van der Waals surface area contributed by atoms with Crippen LogP contribution in [-0.4, -0.2) is 28.3 Å². The molecule has 0 aliphatic carbocycles. The summed E-state index contributed by atoms with van der Waals surface area (Å²) in [4.78, 5) is 11.7. The van der Waals surface area contributed by atoms with Crippen molar-refractivity contribution in [2.24, 2.45) is 11.7 Å². The summed E-state index contributed by atoms with van der Waals surface area (Å²) in [5, 5.41) is 7.00. The molecule has 1 heterocycles. The van der Waals surface area contributed by atoms with E-state index >= 15 is 0 Å². The normalized spacial score (nSPS) is 12.7. The standard InChI is InChI=1S/C12H22N4O/c1-10(2)8-11(9-13)15-12(17)4-7-16-6-3-5-14-16/h3,5-6,10-11H,4,7-9,13H2,1-2H3,(H,15,17). The van der Waals surface area contributed by atoms with E-state index in [1.165, 1.54) is 0 Å². The number of amides is 1. The summed E-state index contributed by atoms with van der Waals surface area (Å²) in [7, 11) is 0. The Bertz CT molecular complexity index is 321. The summed E-state index contributed by atoms with van der Waals surface area (Å²) < 4.78 is 1.75. The monoisotopic (exact) mass is 238 g/mol. The fourth-order valence-corrected chi connectivity index (χ4v) is 1.73. The van der Waals surface area contributed by atoms with Gasteiger partial charge in [0.2, 0.25) is 5.91 Å². The lowest BCUT2D eigenvalue weighted by Gasteiger charge is -2.18. The Hall–Kier alpha value is -1.36. The minimum Gasteiger partial charge on any atom is -0.352 e. The van der Waals surface area contributed by atoms with Gasteiger partial charge in [-0.3, -0.25) is 9.48 Å². The molecule has 3 N–H and O–H groups in total. The predicted octanol–water partition coefficient (Wildman–Crippen LogP) is 0.763. The van der Waals surface area contributed by atoms with Gasteiger partial charge >= 0.3 is 0 Å². The van der Waals surface area contributed by atoms with Gasteiger partial charge in [-0.15, -0.1) is 0 Å². The van der Waals surface area contributed by atoms with Gasteiger partial charge in [-0.05, 0) is 18.4 Å². The van der Waals surface area contributed by atoms with Gasteiger partial charge in [0.15, 0.2) is 0 Å². The summed E-state index contributed by atoms with van der Waals surface area (Å²) in [6, 6.07) is 1.93. The first-order chi connectivity index (χ1) is 8.11. The fraction of sp³-hybridized carbons (Fsp3) is 0.667. The highest BCUT2D eigenvalue weighted by atomic mass is 16.1. The molecule has 1 amide bonds. The molecule has 5 heteroatoms. The van der Waals surface area contributed by atoms with Crippen LogP contribution in [-0.2, 0) is 11.3 Å². The van der Waals surface area contributed by atoms with Crippen LogP contribution >= 0.6 is 0 Å². The lowest BCUT2D eigenvalue weighted by molar-refractivity contribution is -0.122. The van der Waals surface area contributed by atoms with E-state index in [4.69, 9.17) is 5.73 Å². The summed E-state index contributed by atoms with van der Waals surface area (Å²) in [6.45, 7) is 5.35. The Labute approximate surface area is 102 Å². The number of hydrogen-bond donors (Lipinski definition) is 2. The first-order valence-corrected chi connectivity index (χ1v) is 6.08. The molecule has 1 atom stereocenters. The van der Waals surface area contributed by atoms with Crippen LogP contribution in [0.15, 0.2) is 18.5 Å². The van der Waals surface area contributed by atoms with Crippen LogP contribution < -0.4 is 11.1 Å². The maximum absolute atomic E-state index is 11.7. The third-order valence-electron chi connectivity index (χ3n) is 2.53. The number of hydrogen-bond acceptors (Lipinski definition) is 3. The molecule has 0 radical (unpaired) electrons. The number of nitrogens with zero attached hydrogens (tertiary/aromatic N) is 2. The van der Waals surface area contributed by atoms with Gasteiger partial charge in [0.05, 0.1) is 0 Å². The molecular formula is C12H22N4O. The molecule has 0 aliphatic rings. The van der Waals surface area contributed by atoms with Crippen molar-refractivity contribution in [2.75, 3.05) is 6.54 Å². The largest absolute Gasteiger partial charge is 0.352 e. The number of aryl methyl sites for hydroxylation is 1. The maximum Gasteiger partial charge on any atom is 0.222 e. The Morgan fingerprint density at radius 3 is 2.82 bits per heavy atom. The van der Waals surface area contributed by atoms with E-state index in [2.05, 4.69) is 24.3 Å². The number of rotatable bonds is 7. The third kappa shape index (κ3) is 5.49. The molecule has 5 nitrogen and oxygen atoms in total. The van der Waals surface area contributed by atoms with Crippen molar-refractivity contribution in [3.8, 4) is 0 Å².